The fourth-order valence-electron chi connectivity index (χ4n) is 9.88. The molecule has 0 spiro atoms. The summed E-state index contributed by atoms with van der Waals surface area (Å²) < 4.78 is 7.39. The Morgan fingerprint density at radius 1 is 0.417 bits per heavy atom. The van der Waals surface area contributed by atoms with Crippen molar-refractivity contribution in [1.29, 1.82) is 0 Å². The van der Waals surface area contributed by atoms with Crippen LogP contribution in [0.25, 0.3) is 11.1 Å². The van der Waals surface area contributed by atoms with E-state index in [2.05, 4.69) is 239 Å². The van der Waals surface area contributed by atoms with Crippen molar-refractivity contribution in [2.24, 2.45) is 0 Å². The lowest BCUT2D eigenvalue weighted by atomic mass is 9.33. The zero-order chi connectivity index (χ0) is 39.6. The van der Waals surface area contributed by atoms with E-state index in [9.17, 15) is 0 Å². The molecule has 9 aromatic rings. The van der Waals surface area contributed by atoms with E-state index in [1.807, 2.05) is 0 Å². The quantitative estimate of drug-likeness (QED) is 0.157. The van der Waals surface area contributed by atoms with Gasteiger partial charge in [0.2, 0.25) is 0 Å². The summed E-state index contributed by atoms with van der Waals surface area (Å²) in [6, 6.07) is 80.8. The summed E-state index contributed by atoms with van der Waals surface area (Å²) in [7, 11) is 0. The molecule has 0 unspecified atom stereocenters. The van der Waals surface area contributed by atoms with Gasteiger partial charge in [-0.25, -0.2) is 0 Å². The molecule has 0 atom stereocenters. The van der Waals surface area contributed by atoms with Gasteiger partial charge in [-0.2, -0.15) is 0 Å². The van der Waals surface area contributed by atoms with E-state index < -0.39 is 0 Å². The lowest BCUT2D eigenvalue weighted by molar-refractivity contribution is 0.488. The lowest BCUT2D eigenvalue weighted by Gasteiger charge is -2.45. The summed E-state index contributed by atoms with van der Waals surface area (Å²) >= 11 is 0. The fourth-order valence-corrected chi connectivity index (χ4v) is 9.88. The summed E-state index contributed by atoms with van der Waals surface area (Å²) in [5.41, 5.74) is 17.4. The standard InChI is InChI=1S/C54H37B2N3O/c1-6-20-38(21-7-1)56-47-37-51-53-54(52(47)44-30-16-18-32-48(44)59(56)42-28-14-5-15-29-42)58(41-26-12-4-13-27-41)49-33-19-17-31-45(49)55(53)46-35-34-43(36-50(46)60-51)57(39-22-8-2-9-23-39)40-24-10-3-11-25-40/h1-37H. The molecule has 3 aliphatic heterocycles. The maximum atomic E-state index is 7.39. The van der Waals surface area contributed by atoms with E-state index in [1.165, 1.54) is 50.0 Å². The van der Waals surface area contributed by atoms with Crippen molar-refractivity contribution < 1.29 is 4.74 Å². The zero-order valence-electron chi connectivity index (χ0n) is 32.8. The van der Waals surface area contributed by atoms with Gasteiger partial charge in [0, 0.05) is 57.0 Å². The van der Waals surface area contributed by atoms with E-state index in [-0.39, 0.29) is 13.6 Å². The van der Waals surface area contributed by atoms with Gasteiger partial charge in [0.15, 0.2) is 0 Å². The third kappa shape index (κ3) is 5.34. The minimum atomic E-state index is -0.142. The molecule has 280 valence electrons. The molecular weight excluding hydrogens is 728 g/mol. The van der Waals surface area contributed by atoms with E-state index in [1.54, 1.807) is 0 Å². The van der Waals surface area contributed by atoms with Crippen LogP contribution in [0.3, 0.4) is 0 Å². The van der Waals surface area contributed by atoms with Gasteiger partial charge in [0.25, 0.3) is 6.71 Å². The normalized spacial score (nSPS) is 13.0. The van der Waals surface area contributed by atoms with Gasteiger partial charge in [-0.05, 0) is 94.6 Å². The Morgan fingerprint density at radius 2 is 0.983 bits per heavy atom. The van der Waals surface area contributed by atoms with Crippen LogP contribution >= 0.6 is 0 Å². The number of rotatable bonds is 6. The first kappa shape index (κ1) is 34.4. The molecule has 9 aromatic carbocycles. The number of nitrogens with zero attached hydrogens (tertiary/aromatic N) is 3. The van der Waals surface area contributed by atoms with Crippen molar-refractivity contribution >= 4 is 86.4 Å². The van der Waals surface area contributed by atoms with Crippen LogP contribution in [0.5, 0.6) is 11.5 Å². The molecule has 3 heterocycles. The molecule has 0 aromatic heterocycles. The van der Waals surface area contributed by atoms with Crippen molar-refractivity contribution in [1.82, 2.24) is 0 Å². The summed E-state index contributed by atoms with van der Waals surface area (Å²) in [5.74, 6) is 1.75. The molecule has 0 bridgehead atoms. The number of hydrogen-bond acceptors (Lipinski definition) is 4. The average Bonchev–Trinajstić information content (AvgIpc) is 3.32. The molecule has 6 heteroatoms. The van der Waals surface area contributed by atoms with E-state index in [0.29, 0.717) is 0 Å². The molecule has 0 saturated heterocycles. The molecule has 0 fully saturated rings. The van der Waals surface area contributed by atoms with Crippen LogP contribution in [0.2, 0.25) is 0 Å². The SMILES string of the molecule is c1ccc(B2c3cc4c5c(c3-c3ccccc3N2c2ccccc2)N(c2ccccc2)c2ccccc2B5c2ccc(N(c3ccccc3)c3ccccc3)cc2O4)cc1. The van der Waals surface area contributed by atoms with Crippen LogP contribution in [-0.2, 0) is 0 Å². The topological polar surface area (TPSA) is 19.0 Å². The molecule has 60 heavy (non-hydrogen) atoms. The van der Waals surface area contributed by atoms with Crippen molar-refractivity contribution in [3.05, 3.63) is 224 Å². The first-order chi connectivity index (χ1) is 29.8. The van der Waals surface area contributed by atoms with Crippen LogP contribution in [0.15, 0.2) is 224 Å². The highest BCUT2D eigenvalue weighted by atomic mass is 16.5. The largest absolute Gasteiger partial charge is 0.458 e. The molecule has 12 rings (SSSR count). The summed E-state index contributed by atoms with van der Waals surface area (Å²) in [6.07, 6.45) is 0. The Morgan fingerprint density at radius 3 is 1.67 bits per heavy atom. The molecule has 0 radical (unpaired) electrons. The van der Waals surface area contributed by atoms with Gasteiger partial charge < -0.3 is 19.3 Å². The third-order valence-corrected chi connectivity index (χ3v) is 12.3. The summed E-state index contributed by atoms with van der Waals surface area (Å²) in [4.78, 5) is 7.32. The summed E-state index contributed by atoms with van der Waals surface area (Å²) in [5, 5.41) is 0. The van der Waals surface area contributed by atoms with Crippen LogP contribution < -0.4 is 46.7 Å². The lowest BCUT2D eigenvalue weighted by Crippen LogP contribution is -2.62. The first-order valence-corrected chi connectivity index (χ1v) is 20.7. The first-order valence-electron chi connectivity index (χ1n) is 20.7. The molecule has 0 saturated carbocycles. The second-order valence-electron chi connectivity index (χ2n) is 15.6. The number of para-hydroxylation sites is 6. The Balaban J connectivity index is 1.16. The van der Waals surface area contributed by atoms with Crippen molar-refractivity contribution in [2.45, 2.75) is 0 Å². The molecule has 0 amide bonds. The number of fused-ring (bicyclic) bond motifs is 8. The monoisotopic (exact) mass is 765 g/mol. The molecule has 4 nitrogen and oxygen atoms in total. The van der Waals surface area contributed by atoms with Crippen molar-refractivity contribution in [2.75, 3.05) is 14.6 Å². The second-order valence-corrected chi connectivity index (χ2v) is 15.6. The second kappa shape index (κ2) is 14.0. The molecule has 3 aliphatic rings. The van der Waals surface area contributed by atoms with Crippen LogP contribution in [-0.4, -0.2) is 13.6 Å². The predicted octanol–water partition coefficient (Wildman–Crippen LogP) is 10.5. The highest BCUT2D eigenvalue weighted by Crippen LogP contribution is 2.50. The Bertz CT molecular complexity index is 3000. The Hall–Kier alpha value is -7.69. The highest BCUT2D eigenvalue weighted by molar-refractivity contribution is 7.00. The van der Waals surface area contributed by atoms with Gasteiger partial charge in [0.1, 0.15) is 11.5 Å². The van der Waals surface area contributed by atoms with Crippen LogP contribution in [0.4, 0.5) is 45.5 Å². The summed E-state index contributed by atoms with van der Waals surface area (Å²) in [6.45, 7) is -0.207. The van der Waals surface area contributed by atoms with Gasteiger partial charge in [-0.3, -0.25) is 0 Å². The fraction of sp³-hybridized carbons (Fsp3) is 0. The van der Waals surface area contributed by atoms with E-state index in [0.717, 1.165) is 45.4 Å². The predicted molar refractivity (Wildman–Crippen MR) is 252 cm³/mol. The minimum absolute atomic E-state index is 0.0642. The average molecular weight is 766 g/mol. The van der Waals surface area contributed by atoms with Crippen LogP contribution in [0.1, 0.15) is 0 Å². The molecule has 0 N–H and O–H groups in total. The van der Waals surface area contributed by atoms with Gasteiger partial charge in [-0.1, -0.05) is 151 Å². The van der Waals surface area contributed by atoms with Gasteiger partial charge >= 0.3 is 6.85 Å². The van der Waals surface area contributed by atoms with Gasteiger partial charge in [0.05, 0.1) is 5.69 Å². The molecular formula is C54H37B2N3O. The highest BCUT2D eigenvalue weighted by Gasteiger charge is 2.47. The van der Waals surface area contributed by atoms with Gasteiger partial charge in [-0.15, -0.1) is 0 Å². The maximum Gasteiger partial charge on any atom is 0.329 e. The minimum Gasteiger partial charge on any atom is -0.458 e. The number of benzene rings is 9. The van der Waals surface area contributed by atoms with E-state index in [4.69, 9.17) is 4.74 Å². The molecule has 0 aliphatic carbocycles. The van der Waals surface area contributed by atoms with Crippen molar-refractivity contribution in [3.63, 3.8) is 0 Å². The zero-order valence-corrected chi connectivity index (χ0v) is 32.8. The smallest absolute Gasteiger partial charge is 0.329 e. The third-order valence-electron chi connectivity index (χ3n) is 12.3. The van der Waals surface area contributed by atoms with Crippen LogP contribution in [0, 0.1) is 0 Å². The Kier molecular flexibility index (Phi) is 8.02. The number of anilines is 8. The number of hydrogen-bond donors (Lipinski definition) is 0. The Labute approximate surface area is 351 Å². The van der Waals surface area contributed by atoms with Crippen molar-refractivity contribution in [3.8, 4) is 22.6 Å². The number of ether oxygens (including phenoxy) is 1. The maximum absolute atomic E-state index is 7.39. The van der Waals surface area contributed by atoms with E-state index >= 15 is 0 Å².